The van der Waals surface area contributed by atoms with Crippen LogP contribution in [0, 0.1) is 11.3 Å². The molecule has 0 spiro atoms. The van der Waals surface area contributed by atoms with Crippen LogP contribution in [0.5, 0.6) is 0 Å². The normalized spacial score (nSPS) is 38.5. The third kappa shape index (κ3) is 1.58. The van der Waals surface area contributed by atoms with Crippen molar-refractivity contribution in [2.24, 2.45) is 11.3 Å². The van der Waals surface area contributed by atoms with Gasteiger partial charge in [-0.25, -0.2) is 0 Å². The summed E-state index contributed by atoms with van der Waals surface area (Å²) in [4.78, 5) is 10.8. The third-order valence-electron chi connectivity index (χ3n) is 2.99. The van der Waals surface area contributed by atoms with E-state index in [0.29, 0.717) is 11.8 Å². The average Bonchev–Trinajstić information content (AvgIpc) is 2.06. The minimum absolute atomic E-state index is 0.195. The Hall–Kier alpha value is -0.0400. The van der Waals surface area contributed by atoms with Crippen LogP contribution in [0.2, 0.25) is 0 Å². The Labute approximate surface area is 73.1 Å². The molecular weight excluding hydrogens is 160 g/mol. The fourth-order valence-corrected chi connectivity index (χ4v) is 2.30. The van der Waals surface area contributed by atoms with E-state index in [9.17, 15) is 4.79 Å². The molecule has 0 radical (unpaired) electrons. The fourth-order valence-electron chi connectivity index (χ4n) is 1.84. The second kappa shape index (κ2) is 3.57. The minimum atomic E-state index is -0.195. The molecule has 0 bridgehead atoms. The van der Waals surface area contributed by atoms with Gasteiger partial charge in [-0.3, -0.25) is 0 Å². The van der Waals surface area contributed by atoms with Crippen LogP contribution in [-0.2, 0) is 4.79 Å². The maximum Gasteiger partial charge on any atom is 0.127 e. The van der Waals surface area contributed by atoms with Crippen molar-refractivity contribution in [3.05, 3.63) is 0 Å². The van der Waals surface area contributed by atoms with Gasteiger partial charge in [0.05, 0.1) is 0 Å². The van der Waals surface area contributed by atoms with E-state index in [1.807, 2.05) is 0 Å². The second-order valence-corrected chi connectivity index (χ2v) is 3.90. The van der Waals surface area contributed by atoms with E-state index in [4.69, 9.17) is 11.6 Å². The summed E-state index contributed by atoms with van der Waals surface area (Å²) >= 11 is 5.80. The number of hydrogen-bond acceptors (Lipinski definition) is 1. The summed E-state index contributed by atoms with van der Waals surface area (Å²) in [5, 5.41) is 0. The molecule has 1 nitrogen and oxygen atoms in total. The first-order valence-electron chi connectivity index (χ1n) is 4.27. The van der Waals surface area contributed by atoms with Crippen LogP contribution >= 0.6 is 11.6 Å². The van der Waals surface area contributed by atoms with Gasteiger partial charge in [-0.1, -0.05) is 19.8 Å². The van der Waals surface area contributed by atoms with E-state index in [0.717, 1.165) is 25.5 Å². The average molecular weight is 175 g/mol. The lowest BCUT2D eigenvalue weighted by molar-refractivity contribution is -0.119. The van der Waals surface area contributed by atoms with Crippen LogP contribution in [-0.4, -0.2) is 12.2 Å². The summed E-state index contributed by atoms with van der Waals surface area (Å²) in [7, 11) is 0. The van der Waals surface area contributed by atoms with Crippen LogP contribution < -0.4 is 0 Å². The molecule has 1 aliphatic rings. The molecule has 0 aliphatic heterocycles. The van der Waals surface area contributed by atoms with Gasteiger partial charge in [0.1, 0.15) is 6.29 Å². The molecule has 0 amide bonds. The van der Waals surface area contributed by atoms with Crippen molar-refractivity contribution in [2.45, 2.75) is 32.6 Å². The Balaban J connectivity index is 2.69. The van der Waals surface area contributed by atoms with Gasteiger partial charge in [0.15, 0.2) is 0 Å². The van der Waals surface area contributed by atoms with Crippen LogP contribution in [0.3, 0.4) is 0 Å². The molecule has 2 atom stereocenters. The van der Waals surface area contributed by atoms with Gasteiger partial charge < -0.3 is 4.79 Å². The monoisotopic (exact) mass is 174 g/mol. The van der Waals surface area contributed by atoms with E-state index in [2.05, 4.69) is 6.92 Å². The summed E-state index contributed by atoms with van der Waals surface area (Å²) < 4.78 is 0. The van der Waals surface area contributed by atoms with Gasteiger partial charge in [0.2, 0.25) is 0 Å². The largest absolute Gasteiger partial charge is 0.303 e. The molecule has 1 saturated carbocycles. The van der Waals surface area contributed by atoms with Gasteiger partial charge >= 0.3 is 0 Å². The Kier molecular flexibility index (Phi) is 2.94. The number of aldehydes is 1. The van der Waals surface area contributed by atoms with Gasteiger partial charge in [-0.15, -0.1) is 11.6 Å². The Morgan fingerprint density at radius 1 is 1.64 bits per heavy atom. The lowest BCUT2D eigenvalue weighted by Crippen LogP contribution is -2.35. The van der Waals surface area contributed by atoms with Crippen LogP contribution in [0.4, 0.5) is 0 Å². The Morgan fingerprint density at radius 2 is 2.36 bits per heavy atom. The zero-order chi connectivity index (χ0) is 8.32. The van der Waals surface area contributed by atoms with E-state index >= 15 is 0 Å². The topological polar surface area (TPSA) is 17.1 Å². The first-order chi connectivity index (χ1) is 5.25. The quantitative estimate of drug-likeness (QED) is 0.465. The predicted molar refractivity (Wildman–Crippen MR) is 46.8 cm³/mol. The molecule has 0 saturated heterocycles. The van der Waals surface area contributed by atoms with Crippen molar-refractivity contribution in [3.63, 3.8) is 0 Å². The van der Waals surface area contributed by atoms with Crippen molar-refractivity contribution in [1.82, 2.24) is 0 Å². The molecule has 11 heavy (non-hydrogen) atoms. The summed E-state index contributed by atoms with van der Waals surface area (Å²) in [6.07, 6.45) is 5.64. The summed E-state index contributed by atoms with van der Waals surface area (Å²) in [6, 6.07) is 0. The molecule has 1 aliphatic carbocycles. The van der Waals surface area contributed by atoms with Gasteiger partial charge in [0, 0.05) is 11.3 Å². The lowest BCUT2D eigenvalue weighted by atomic mass is 9.69. The van der Waals surface area contributed by atoms with E-state index in [1.54, 1.807) is 0 Å². The molecule has 1 rings (SSSR count). The highest BCUT2D eigenvalue weighted by atomic mass is 35.5. The van der Waals surface area contributed by atoms with Crippen molar-refractivity contribution in [3.8, 4) is 0 Å². The molecule has 64 valence electrons. The number of alkyl halides is 1. The van der Waals surface area contributed by atoms with Crippen LogP contribution in [0.25, 0.3) is 0 Å². The SMILES string of the molecule is CC1CCCCC1(C=O)CCl. The van der Waals surface area contributed by atoms with E-state index < -0.39 is 0 Å². The zero-order valence-corrected chi connectivity index (χ0v) is 7.73. The molecule has 0 aromatic rings. The number of halogens is 1. The summed E-state index contributed by atoms with van der Waals surface area (Å²) in [6.45, 7) is 2.13. The van der Waals surface area contributed by atoms with Gasteiger partial charge in [-0.05, 0) is 18.8 Å². The zero-order valence-electron chi connectivity index (χ0n) is 6.98. The van der Waals surface area contributed by atoms with Crippen molar-refractivity contribution in [1.29, 1.82) is 0 Å². The maximum absolute atomic E-state index is 10.8. The van der Waals surface area contributed by atoms with E-state index in [1.165, 1.54) is 6.42 Å². The van der Waals surface area contributed by atoms with Crippen LogP contribution in [0.15, 0.2) is 0 Å². The first-order valence-corrected chi connectivity index (χ1v) is 4.81. The highest BCUT2D eigenvalue weighted by Gasteiger charge is 2.36. The maximum atomic E-state index is 10.8. The smallest absolute Gasteiger partial charge is 0.127 e. The van der Waals surface area contributed by atoms with Gasteiger partial charge in [0.25, 0.3) is 0 Å². The molecule has 2 unspecified atom stereocenters. The fraction of sp³-hybridized carbons (Fsp3) is 0.889. The second-order valence-electron chi connectivity index (χ2n) is 3.63. The Morgan fingerprint density at radius 3 is 2.73 bits per heavy atom. The highest BCUT2D eigenvalue weighted by Crippen LogP contribution is 2.40. The minimum Gasteiger partial charge on any atom is -0.303 e. The van der Waals surface area contributed by atoms with Crippen LogP contribution in [0.1, 0.15) is 32.6 Å². The number of hydrogen-bond donors (Lipinski definition) is 0. The molecule has 0 aromatic carbocycles. The molecule has 0 heterocycles. The predicted octanol–water partition coefficient (Wildman–Crippen LogP) is 2.62. The highest BCUT2D eigenvalue weighted by molar-refractivity contribution is 6.19. The van der Waals surface area contributed by atoms with Crippen molar-refractivity contribution in [2.75, 3.05) is 5.88 Å². The third-order valence-corrected chi connectivity index (χ3v) is 3.49. The summed E-state index contributed by atoms with van der Waals surface area (Å²) in [5.41, 5.74) is -0.195. The molecular formula is C9H15ClO. The van der Waals surface area contributed by atoms with Crippen molar-refractivity contribution < 1.29 is 4.79 Å². The lowest BCUT2D eigenvalue weighted by Gasteiger charge is -2.36. The standard InChI is InChI=1S/C9H15ClO/c1-8-4-2-3-5-9(8,6-10)7-11/h7-8H,2-6H2,1H3. The van der Waals surface area contributed by atoms with E-state index in [-0.39, 0.29) is 5.41 Å². The number of carbonyl (C=O) groups is 1. The molecule has 1 fully saturated rings. The molecule has 0 N–H and O–H groups in total. The summed E-state index contributed by atoms with van der Waals surface area (Å²) in [5.74, 6) is 0.976. The Bertz CT molecular complexity index is 146. The first kappa shape index (κ1) is 9.05. The number of rotatable bonds is 2. The number of carbonyl (C=O) groups excluding carboxylic acids is 1. The van der Waals surface area contributed by atoms with Gasteiger partial charge in [-0.2, -0.15) is 0 Å². The van der Waals surface area contributed by atoms with Crippen molar-refractivity contribution >= 4 is 17.9 Å². The molecule has 2 heteroatoms. The molecule has 0 aromatic heterocycles.